The van der Waals surface area contributed by atoms with Crippen molar-refractivity contribution in [3.63, 3.8) is 0 Å². The summed E-state index contributed by atoms with van der Waals surface area (Å²) in [6.45, 7) is 1.91. The minimum Gasteiger partial charge on any atom is -0.353 e. The molecule has 2 N–H and O–H groups in total. The van der Waals surface area contributed by atoms with Crippen LogP contribution in [0.3, 0.4) is 0 Å². The van der Waals surface area contributed by atoms with E-state index in [4.69, 9.17) is 0 Å². The van der Waals surface area contributed by atoms with E-state index in [-0.39, 0.29) is 37.2 Å². The predicted octanol–water partition coefficient (Wildman–Crippen LogP) is 3.04. The molecular formula is C14H24ClF3N2O. The summed E-state index contributed by atoms with van der Waals surface area (Å²) >= 11 is 0. The number of hydrogen-bond acceptors (Lipinski definition) is 2. The monoisotopic (exact) mass is 328 g/mol. The van der Waals surface area contributed by atoms with Gasteiger partial charge < -0.3 is 10.6 Å². The van der Waals surface area contributed by atoms with Crippen LogP contribution in [0.5, 0.6) is 0 Å². The first-order chi connectivity index (χ1) is 9.45. The topological polar surface area (TPSA) is 41.1 Å². The summed E-state index contributed by atoms with van der Waals surface area (Å²) in [5.41, 5.74) is 0. The molecule has 21 heavy (non-hydrogen) atoms. The van der Waals surface area contributed by atoms with Gasteiger partial charge in [-0.05, 0) is 57.5 Å². The molecule has 1 saturated heterocycles. The smallest absolute Gasteiger partial charge is 0.353 e. The lowest BCUT2D eigenvalue weighted by Crippen LogP contribution is -2.41. The number of carbonyl (C=O) groups is 1. The number of rotatable bonds is 3. The Morgan fingerprint density at radius 1 is 1.05 bits per heavy atom. The molecule has 124 valence electrons. The van der Waals surface area contributed by atoms with Gasteiger partial charge >= 0.3 is 6.18 Å². The van der Waals surface area contributed by atoms with Gasteiger partial charge in [-0.1, -0.05) is 0 Å². The molecule has 1 aliphatic heterocycles. The molecule has 0 radical (unpaired) electrons. The lowest BCUT2D eigenvalue weighted by atomic mass is 9.85. The normalized spacial score (nSPS) is 27.8. The van der Waals surface area contributed by atoms with Gasteiger partial charge in [0.25, 0.3) is 0 Å². The molecule has 0 unspecified atom stereocenters. The highest BCUT2D eigenvalue weighted by Gasteiger charge is 2.41. The quantitative estimate of drug-likeness (QED) is 0.836. The third-order valence-corrected chi connectivity index (χ3v) is 4.49. The van der Waals surface area contributed by atoms with E-state index in [9.17, 15) is 18.0 Å². The molecule has 1 amide bonds. The summed E-state index contributed by atoms with van der Waals surface area (Å²) in [5, 5.41) is 6.16. The molecule has 1 heterocycles. The minimum absolute atomic E-state index is 0. The molecule has 0 aromatic heterocycles. The maximum Gasteiger partial charge on any atom is 0.391 e. The van der Waals surface area contributed by atoms with Crippen molar-refractivity contribution in [3.8, 4) is 0 Å². The third kappa shape index (κ3) is 6.02. The molecule has 0 atom stereocenters. The van der Waals surface area contributed by atoms with Gasteiger partial charge in [-0.2, -0.15) is 13.2 Å². The van der Waals surface area contributed by atoms with E-state index in [0.29, 0.717) is 25.2 Å². The van der Waals surface area contributed by atoms with E-state index < -0.39 is 12.1 Å². The lowest BCUT2D eigenvalue weighted by molar-refractivity contribution is -0.182. The van der Waals surface area contributed by atoms with Crippen LogP contribution in [0.4, 0.5) is 13.2 Å². The number of amides is 1. The second-order valence-electron chi connectivity index (χ2n) is 6.06. The maximum atomic E-state index is 12.5. The van der Waals surface area contributed by atoms with Crippen LogP contribution in [-0.4, -0.2) is 31.2 Å². The van der Waals surface area contributed by atoms with Gasteiger partial charge in [0.15, 0.2) is 0 Å². The fourth-order valence-electron chi connectivity index (χ4n) is 3.20. The number of alkyl halides is 3. The second kappa shape index (κ2) is 8.22. The van der Waals surface area contributed by atoms with E-state index in [0.717, 1.165) is 25.9 Å². The Hall–Kier alpha value is -0.490. The molecule has 2 aliphatic rings. The first-order valence-corrected chi connectivity index (χ1v) is 7.52. The van der Waals surface area contributed by atoms with Crippen molar-refractivity contribution >= 4 is 18.3 Å². The van der Waals surface area contributed by atoms with Gasteiger partial charge in [0, 0.05) is 12.5 Å². The Kier molecular flexibility index (Phi) is 7.27. The molecule has 0 bridgehead atoms. The van der Waals surface area contributed by atoms with Gasteiger partial charge in [-0.25, -0.2) is 0 Å². The summed E-state index contributed by atoms with van der Waals surface area (Å²) in [5.74, 6) is -0.754. The second-order valence-corrected chi connectivity index (χ2v) is 6.06. The maximum absolute atomic E-state index is 12.5. The van der Waals surface area contributed by atoms with Crippen molar-refractivity contribution in [2.75, 3.05) is 13.1 Å². The number of halogens is 4. The highest BCUT2D eigenvalue weighted by atomic mass is 35.5. The number of hydrogen-bond donors (Lipinski definition) is 2. The Balaban J connectivity index is 0.00000220. The molecule has 0 aromatic carbocycles. The van der Waals surface area contributed by atoms with Crippen LogP contribution in [0.1, 0.15) is 44.9 Å². The van der Waals surface area contributed by atoms with Gasteiger partial charge in [0.05, 0.1) is 5.92 Å². The van der Waals surface area contributed by atoms with E-state index in [1.165, 1.54) is 0 Å². The molecule has 1 aliphatic carbocycles. The standard InChI is InChI=1S/C14H23F3N2O.ClH/c15-14(16,17)11-1-3-12(4-2-11)19-13(20)9-10-5-7-18-8-6-10;/h10-12,18H,1-9H2,(H,19,20);1H. The minimum atomic E-state index is -4.08. The van der Waals surface area contributed by atoms with Gasteiger partial charge in [0.2, 0.25) is 5.91 Å². The Morgan fingerprint density at radius 3 is 2.14 bits per heavy atom. The molecule has 0 aromatic rings. The summed E-state index contributed by atoms with van der Waals surface area (Å²) in [6, 6.07) is -0.0668. The van der Waals surface area contributed by atoms with Crippen molar-refractivity contribution in [1.82, 2.24) is 10.6 Å². The molecule has 3 nitrogen and oxygen atoms in total. The fourth-order valence-corrected chi connectivity index (χ4v) is 3.20. The SMILES string of the molecule is Cl.O=C(CC1CCNCC1)NC1CCC(C(F)(F)F)CC1. The molecule has 2 rings (SSSR count). The van der Waals surface area contributed by atoms with Crippen LogP contribution < -0.4 is 10.6 Å². The van der Waals surface area contributed by atoms with Crippen molar-refractivity contribution in [2.24, 2.45) is 11.8 Å². The largest absolute Gasteiger partial charge is 0.391 e. The average molecular weight is 329 g/mol. The molecule has 2 fully saturated rings. The Bertz CT molecular complexity index is 325. The Labute approximate surface area is 129 Å². The lowest BCUT2D eigenvalue weighted by Gasteiger charge is -2.31. The zero-order valence-corrected chi connectivity index (χ0v) is 12.9. The van der Waals surface area contributed by atoms with E-state index in [2.05, 4.69) is 10.6 Å². The van der Waals surface area contributed by atoms with E-state index in [1.54, 1.807) is 0 Å². The molecular weight excluding hydrogens is 305 g/mol. The zero-order valence-electron chi connectivity index (χ0n) is 12.0. The summed E-state index contributed by atoms with van der Waals surface area (Å²) in [7, 11) is 0. The summed E-state index contributed by atoms with van der Waals surface area (Å²) in [6.07, 6.45) is -0.374. The van der Waals surface area contributed by atoms with Crippen LogP contribution in [0.2, 0.25) is 0 Å². The summed E-state index contributed by atoms with van der Waals surface area (Å²) in [4.78, 5) is 11.9. The molecule has 7 heteroatoms. The van der Waals surface area contributed by atoms with Crippen molar-refractivity contribution in [3.05, 3.63) is 0 Å². The zero-order chi connectivity index (χ0) is 14.6. The summed E-state index contributed by atoms with van der Waals surface area (Å²) < 4.78 is 37.6. The van der Waals surface area contributed by atoms with E-state index >= 15 is 0 Å². The van der Waals surface area contributed by atoms with Crippen LogP contribution >= 0.6 is 12.4 Å². The molecule has 0 spiro atoms. The number of piperidine rings is 1. The molecule has 1 saturated carbocycles. The highest BCUT2D eigenvalue weighted by Crippen LogP contribution is 2.37. The van der Waals surface area contributed by atoms with Crippen molar-refractivity contribution in [2.45, 2.75) is 57.2 Å². The van der Waals surface area contributed by atoms with Crippen LogP contribution in [0.25, 0.3) is 0 Å². The first-order valence-electron chi connectivity index (χ1n) is 7.52. The van der Waals surface area contributed by atoms with Crippen molar-refractivity contribution in [1.29, 1.82) is 0 Å². The predicted molar refractivity (Wildman–Crippen MR) is 77.4 cm³/mol. The number of carbonyl (C=O) groups excluding carboxylic acids is 1. The average Bonchev–Trinajstić information content (AvgIpc) is 2.39. The van der Waals surface area contributed by atoms with Gasteiger partial charge in [0.1, 0.15) is 0 Å². The van der Waals surface area contributed by atoms with Crippen LogP contribution in [0.15, 0.2) is 0 Å². The van der Waals surface area contributed by atoms with Gasteiger partial charge in [-0.15, -0.1) is 12.4 Å². The third-order valence-electron chi connectivity index (χ3n) is 4.49. The number of nitrogens with one attached hydrogen (secondary N) is 2. The fraction of sp³-hybridized carbons (Fsp3) is 0.929. The van der Waals surface area contributed by atoms with Crippen LogP contribution in [0, 0.1) is 11.8 Å². The first kappa shape index (κ1) is 18.6. The van der Waals surface area contributed by atoms with Crippen LogP contribution in [-0.2, 0) is 4.79 Å². The van der Waals surface area contributed by atoms with Gasteiger partial charge in [-0.3, -0.25) is 4.79 Å². The Morgan fingerprint density at radius 2 is 1.62 bits per heavy atom. The van der Waals surface area contributed by atoms with E-state index in [1.807, 2.05) is 0 Å². The highest BCUT2D eigenvalue weighted by molar-refractivity contribution is 5.85. The van der Waals surface area contributed by atoms with Crippen molar-refractivity contribution < 1.29 is 18.0 Å².